The lowest BCUT2D eigenvalue weighted by Crippen LogP contribution is -2.34. The molecule has 1 heterocycles. The summed E-state index contributed by atoms with van der Waals surface area (Å²) in [4.78, 5) is 12.5. The van der Waals surface area contributed by atoms with E-state index in [0.29, 0.717) is 23.1 Å². The van der Waals surface area contributed by atoms with Gasteiger partial charge in [-0.1, -0.05) is 25.2 Å². The van der Waals surface area contributed by atoms with Gasteiger partial charge in [0.15, 0.2) is 0 Å². The lowest BCUT2D eigenvalue weighted by Gasteiger charge is -2.19. The van der Waals surface area contributed by atoms with Crippen LogP contribution in [0.2, 0.25) is 0 Å². The van der Waals surface area contributed by atoms with Gasteiger partial charge in [-0.3, -0.25) is 10.1 Å². The fourth-order valence-electron chi connectivity index (χ4n) is 2.10. The van der Waals surface area contributed by atoms with E-state index >= 15 is 0 Å². The van der Waals surface area contributed by atoms with E-state index in [1.807, 2.05) is 26.0 Å². The molecule has 1 aromatic carbocycles. The van der Waals surface area contributed by atoms with E-state index < -0.39 is 6.04 Å². The number of benzene rings is 1. The quantitative estimate of drug-likeness (QED) is 0.761. The standard InChI is InChI=1S/C16H22N4O3S/c1-5-11(15(21)18-16-20-19-14(6-2)24-16)17-12-8-7-10(22-3)9-13(12)23-4/h7-9,11,17H,5-6H2,1-4H3,(H,18,20,21)/t11-/m1/s1. The van der Waals surface area contributed by atoms with Crippen LogP contribution in [0.3, 0.4) is 0 Å². The van der Waals surface area contributed by atoms with E-state index in [-0.39, 0.29) is 5.91 Å². The number of aryl methyl sites for hydroxylation is 1. The maximum absolute atomic E-state index is 12.5. The molecule has 0 aliphatic carbocycles. The van der Waals surface area contributed by atoms with Crippen molar-refractivity contribution in [3.63, 3.8) is 0 Å². The van der Waals surface area contributed by atoms with Crippen molar-refractivity contribution in [1.29, 1.82) is 0 Å². The van der Waals surface area contributed by atoms with E-state index in [1.54, 1.807) is 20.3 Å². The summed E-state index contributed by atoms with van der Waals surface area (Å²) in [5, 5.41) is 15.4. The van der Waals surface area contributed by atoms with Gasteiger partial charge in [0.25, 0.3) is 0 Å². The van der Waals surface area contributed by atoms with Crippen LogP contribution in [0.25, 0.3) is 0 Å². The average Bonchev–Trinajstić information content (AvgIpc) is 3.06. The molecule has 0 saturated carbocycles. The first-order valence-corrected chi connectivity index (χ1v) is 8.54. The lowest BCUT2D eigenvalue weighted by atomic mass is 10.2. The molecule has 8 heteroatoms. The molecule has 0 aliphatic heterocycles. The van der Waals surface area contributed by atoms with Crippen LogP contribution < -0.4 is 20.1 Å². The molecular formula is C16H22N4O3S. The van der Waals surface area contributed by atoms with Crippen LogP contribution >= 0.6 is 11.3 Å². The van der Waals surface area contributed by atoms with Crippen LogP contribution in [-0.2, 0) is 11.2 Å². The summed E-state index contributed by atoms with van der Waals surface area (Å²) in [6.07, 6.45) is 1.41. The molecule has 0 radical (unpaired) electrons. The first-order chi connectivity index (χ1) is 11.6. The highest BCUT2D eigenvalue weighted by molar-refractivity contribution is 7.15. The highest BCUT2D eigenvalue weighted by Crippen LogP contribution is 2.30. The van der Waals surface area contributed by atoms with Gasteiger partial charge in [-0.05, 0) is 25.0 Å². The second-order valence-electron chi connectivity index (χ2n) is 5.02. The third-order valence-corrected chi connectivity index (χ3v) is 4.45. The van der Waals surface area contributed by atoms with Crippen LogP contribution in [0.15, 0.2) is 18.2 Å². The van der Waals surface area contributed by atoms with E-state index in [9.17, 15) is 4.79 Å². The Morgan fingerprint density at radius 1 is 1.25 bits per heavy atom. The molecule has 0 unspecified atom stereocenters. The van der Waals surface area contributed by atoms with E-state index in [4.69, 9.17) is 9.47 Å². The van der Waals surface area contributed by atoms with Crippen molar-refractivity contribution in [2.24, 2.45) is 0 Å². The van der Waals surface area contributed by atoms with Crippen LogP contribution in [-0.4, -0.2) is 36.4 Å². The smallest absolute Gasteiger partial charge is 0.248 e. The number of nitrogens with zero attached hydrogens (tertiary/aromatic N) is 2. The molecule has 2 aromatic rings. The highest BCUT2D eigenvalue weighted by Gasteiger charge is 2.19. The fourth-order valence-corrected chi connectivity index (χ4v) is 2.78. The molecule has 130 valence electrons. The SMILES string of the molecule is CCc1nnc(NC(=O)[C@@H](CC)Nc2ccc(OC)cc2OC)s1. The Hall–Kier alpha value is -2.35. The predicted octanol–water partition coefficient (Wildman–Crippen LogP) is 2.95. The Morgan fingerprint density at radius 3 is 2.62 bits per heavy atom. The minimum Gasteiger partial charge on any atom is -0.497 e. The van der Waals surface area contributed by atoms with Gasteiger partial charge in [-0.25, -0.2) is 0 Å². The van der Waals surface area contributed by atoms with Gasteiger partial charge in [-0.2, -0.15) is 0 Å². The number of hydrogen-bond acceptors (Lipinski definition) is 7. The Bertz CT molecular complexity index is 690. The summed E-state index contributed by atoms with van der Waals surface area (Å²) < 4.78 is 10.5. The first-order valence-electron chi connectivity index (χ1n) is 7.73. The molecule has 1 atom stereocenters. The van der Waals surface area contributed by atoms with Gasteiger partial charge in [0.2, 0.25) is 11.0 Å². The summed E-state index contributed by atoms with van der Waals surface area (Å²) in [6.45, 7) is 3.93. The van der Waals surface area contributed by atoms with Gasteiger partial charge in [0.1, 0.15) is 22.5 Å². The molecule has 1 amide bonds. The monoisotopic (exact) mass is 350 g/mol. The minimum absolute atomic E-state index is 0.158. The maximum atomic E-state index is 12.5. The molecule has 0 bridgehead atoms. The normalized spacial score (nSPS) is 11.7. The van der Waals surface area contributed by atoms with Crippen molar-refractivity contribution in [1.82, 2.24) is 10.2 Å². The van der Waals surface area contributed by atoms with Crippen molar-refractivity contribution < 1.29 is 14.3 Å². The summed E-state index contributed by atoms with van der Waals surface area (Å²) >= 11 is 1.38. The van der Waals surface area contributed by atoms with Gasteiger partial charge in [0, 0.05) is 6.07 Å². The minimum atomic E-state index is -0.415. The van der Waals surface area contributed by atoms with Crippen molar-refractivity contribution >= 4 is 28.1 Å². The fraction of sp³-hybridized carbons (Fsp3) is 0.438. The number of rotatable bonds is 8. The highest BCUT2D eigenvalue weighted by atomic mass is 32.1. The predicted molar refractivity (Wildman–Crippen MR) is 95.2 cm³/mol. The molecular weight excluding hydrogens is 328 g/mol. The van der Waals surface area contributed by atoms with Gasteiger partial charge in [0.05, 0.1) is 19.9 Å². The second-order valence-corrected chi connectivity index (χ2v) is 6.08. The molecule has 24 heavy (non-hydrogen) atoms. The summed E-state index contributed by atoms with van der Waals surface area (Å²) in [5.41, 5.74) is 0.729. The van der Waals surface area contributed by atoms with Crippen LogP contribution in [0.1, 0.15) is 25.3 Å². The Kier molecular flexibility index (Phi) is 6.36. The average molecular weight is 350 g/mol. The van der Waals surface area contributed by atoms with Crippen LogP contribution in [0, 0.1) is 0 Å². The summed E-state index contributed by atoms with van der Waals surface area (Å²) in [5.74, 6) is 1.15. The molecule has 2 rings (SSSR count). The third kappa shape index (κ3) is 4.35. The zero-order chi connectivity index (χ0) is 17.5. The van der Waals surface area contributed by atoms with E-state index in [2.05, 4.69) is 20.8 Å². The van der Waals surface area contributed by atoms with Gasteiger partial charge < -0.3 is 14.8 Å². The zero-order valence-electron chi connectivity index (χ0n) is 14.3. The molecule has 7 nitrogen and oxygen atoms in total. The number of ether oxygens (including phenoxy) is 2. The molecule has 0 aliphatic rings. The van der Waals surface area contributed by atoms with E-state index in [0.717, 1.165) is 17.1 Å². The number of aromatic nitrogens is 2. The summed E-state index contributed by atoms with van der Waals surface area (Å²) in [7, 11) is 3.17. The number of anilines is 2. The molecule has 2 N–H and O–H groups in total. The number of carbonyl (C=O) groups excluding carboxylic acids is 1. The first kappa shape index (κ1) is 18.0. The number of hydrogen-bond donors (Lipinski definition) is 2. The maximum Gasteiger partial charge on any atom is 0.248 e. The molecule has 0 spiro atoms. The number of amides is 1. The number of carbonyl (C=O) groups is 1. The van der Waals surface area contributed by atoms with Gasteiger partial charge >= 0.3 is 0 Å². The lowest BCUT2D eigenvalue weighted by molar-refractivity contribution is -0.117. The van der Waals surface area contributed by atoms with Crippen LogP contribution in [0.5, 0.6) is 11.5 Å². The zero-order valence-corrected chi connectivity index (χ0v) is 15.1. The third-order valence-electron chi connectivity index (χ3n) is 3.46. The summed E-state index contributed by atoms with van der Waals surface area (Å²) in [6, 6.07) is 4.99. The molecule has 0 saturated heterocycles. The van der Waals surface area contributed by atoms with Crippen molar-refractivity contribution in [2.75, 3.05) is 24.9 Å². The van der Waals surface area contributed by atoms with Crippen molar-refractivity contribution in [3.8, 4) is 11.5 Å². The molecule has 0 fully saturated rings. The van der Waals surface area contributed by atoms with Crippen molar-refractivity contribution in [2.45, 2.75) is 32.7 Å². The Balaban J connectivity index is 2.09. The van der Waals surface area contributed by atoms with Gasteiger partial charge in [-0.15, -0.1) is 10.2 Å². The van der Waals surface area contributed by atoms with Crippen molar-refractivity contribution in [3.05, 3.63) is 23.2 Å². The topological polar surface area (TPSA) is 85.4 Å². The largest absolute Gasteiger partial charge is 0.497 e. The number of methoxy groups -OCH3 is 2. The number of nitrogens with one attached hydrogen (secondary N) is 2. The second kappa shape index (κ2) is 8.49. The van der Waals surface area contributed by atoms with E-state index in [1.165, 1.54) is 11.3 Å². The van der Waals surface area contributed by atoms with Crippen LogP contribution in [0.4, 0.5) is 10.8 Å². The Morgan fingerprint density at radius 2 is 2.04 bits per heavy atom. The molecule has 1 aromatic heterocycles. The Labute approximate surface area is 145 Å².